The Morgan fingerprint density at radius 2 is 1.83 bits per heavy atom. The topological polar surface area (TPSA) is 173 Å². The molecule has 11 heteroatoms. The van der Waals surface area contributed by atoms with Gasteiger partial charge in [0.25, 0.3) is 11.9 Å². The summed E-state index contributed by atoms with van der Waals surface area (Å²) in [6.45, 7) is 3.57. The van der Waals surface area contributed by atoms with Crippen LogP contribution in [0.15, 0.2) is 71.8 Å². The Labute approximate surface area is 207 Å². The fraction of sp³-hybridized carbons (Fsp3) is 0.200. The lowest BCUT2D eigenvalue weighted by molar-refractivity contribution is -0.134. The predicted molar refractivity (Wildman–Crippen MR) is 134 cm³/mol. The summed E-state index contributed by atoms with van der Waals surface area (Å²) in [5, 5.41) is 19.5. The first kappa shape index (κ1) is 25.8. The van der Waals surface area contributed by atoms with Crippen LogP contribution in [0.25, 0.3) is 5.95 Å². The molecule has 4 rings (SSSR count). The van der Waals surface area contributed by atoms with Gasteiger partial charge < -0.3 is 15.6 Å². The fourth-order valence-corrected chi connectivity index (χ4v) is 3.45. The van der Waals surface area contributed by atoms with E-state index in [1.54, 1.807) is 18.5 Å². The molecule has 1 unspecified atom stereocenters. The van der Waals surface area contributed by atoms with Gasteiger partial charge in [0.1, 0.15) is 17.4 Å². The Morgan fingerprint density at radius 3 is 2.44 bits per heavy atom. The number of hydrogen-bond donors (Lipinski definition) is 4. The number of carbonyl (C=O) groups is 1. The highest BCUT2D eigenvalue weighted by molar-refractivity contribution is 5.94. The molecule has 186 valence electrons. The normalized spacial score (nSPS) is 11.2. The summed E-state index contributed by atoms with van der Waals surface area (Å²) in [5.74, 6) is 0.370. The summed E-state index contributed by atoms with van der Waals surface area (Å²) in [5.41, 5.74) is 7.77. The van der Waals surface area contributed by atoms with Gasteiger partial charge in [0.05, 0.1) is 6.61 Å². The zero-order valence-corrected chi connectivity index (χ0v) is 19.9. The maximum Gasteiger partial charge on any atom is 0.350 e. The lowest BCUT2D eigenvalue weighted by Gasteiger charge is -2.16. The van der Waals surface area contributed by atoms with Crippen molar-refractivity contribution in [1.82, 2.24) is 24.7 Å². The van der Waals surface area contributed by atoms with Gasteiger partial charge in [-0.2, -0.15) is 0 Å². The van der Waals surface area contributed by atoms with Crippen LogP contribution in [0, 0.1) is 5.41 Å². The van der Waals surface area contributed by atoms with Crippen LogP contribution in [0.1, 0.15) is 42.3 Å². The molecule has 0 spiro atoms. The van der Waals surface area contributed by atoms with E-state index in [4.69, 9.17) is 25.8 Å². The number of hydrogen-bond acceptors (Lipinski definition) is 7. The average Bonchev–Trinajstić information content (AvgIpc) is 3.24. The lowest BCUT2D eigenvalue weighted by atomic mass is 9.91. The summed E-state index contributed by atoms with van der Waals surface area (Å²) in [6, 6.07) is 16.9. The summed E-state index contributed by atoms with van der Waals surface area (Å²) in [4.78, 5) is 32.7. The maximum absolute atomic E-state index is 12.6. The van der Waals surface area contributed by atoms with Crippen molar-refractivity contribution >= 4 is 11.8 Å². The summed E-state index contributed by atoms with van der Waals surface area (Å²) in [7, 11) is 0. The number of ether oxygens (including phenoxy) is 1. The van der Waals surface area contributed by atoms with E-state index >= 15 is 0 Å². The summed E-state index contributed by atoms with van der Waals surface area (Å²) in [6.07, 6.45) is 3.68. The molecule has 0 saturated carbocycles. The SMILES string of the molecule is CC(=O)O.CCOc1cccc(C(Cc2ccc(C(=N)N)cc2)c2nn(-c3ncccn3)c(=O)[nH]2)c1. The van der Waals surface area contributed by atoms with Gasteiger partial charge in [0.15, 0.2) is 0 Å². The molecule has 1 atom stereocenters. The molecule has 0 saturated heterocycles. The molecule has 11 nitrogen and oxygen atoms in total. The average molecular weight is 490 g/mol. The molecule has 4 aromatic rings. The Kier molecular flexibility index (Phi) is 8.65. The van der Waals surface area contributed by atoms with Crippen molar-refractivity contribution < 1.29 is 14.6 Å². The number of amidine groups is 1. The van der Waals surface area contributed by atoms with Crippen molar-refractivity contribution in [2.24, 2.45) is 5.73 Å². The van der Waals surface area contributed by atoms with Crippen molar-refractivity contribution in [2.75, 3.05) is 6.61 Å². The maximum atomic E-state index is 12.6. The van der Waals surface area contributed by atoms with Crippen LogP contribution in [0.2, 0.25) is 0 Å². The van der Waals surface area contributed by atoms with E-state index < -0.39 is 11.7 Å². The number of aliphatic carboxylic acids is 1. The van der Waals surface area contributed by atoms with E-state index in [1.165, 1.54) is 0 Å². The zero-order valence-electron chi connectivity index (χ0n) is 19.9. The minimum absolute atomic E-state index is 0.0171. The molecule has 0 aliphatic rings. The van der Waals surface area contributed by atoms with Crippen molar-refractivity contribution in [1.29, 1.82) is 5.41 Å². The Hall–Kier alpha value is -4.80. The van der Waals surface area contributed by atoms with E-state index in [1.807, 2.05) is 55.5 Å². The highest BCUT2D eigenvalue weighted by Gasteiger charge is 2.22. The molecule has 2 aromatic carbocycles. The van der Waals surface area contributed by atoms with Crippen molar-refractivity contribution in [3.63, 3.8) is 0 Å². The minimum Gasteiger partial charge on any atom is -0.494 e. The minimum atomic E-state index is -0.833. The molecule has 0 fully saturated rings. The number of carboxylic acids is 1. The quantitative estimate of drug-likeness (QED) is 0.216. The Bertz CT molecular complexity index is 1360. The highest BCUT2D eigenvalue weighted by Crippen LogP contribution is 2.28. The molecule has 5 N–H and O–H groups in total. The number of benzene rings is 2. The predicted octanol–water partition coefficient (Wildman–Crippen LogP) is 2.50. The zero-order chi connectivity index (χ0) is 26.1. The van der Waals surface area contributed by atoms with Gasteiger partial charge >= 0.3 is 5.69 Å². The number of aromatic amines is 1. The number of rotatable bonds is 8. The van der Waals surface area contributed by atoms with Crippen molar-refractivity contribution in [3.8, 4) is 11.7 Å². The largest absolute Gasteiger partial charge is 0.494 e. The first-order valence-electron chi connectivity index (χ1n) is 11.1. The third-order valence-electron chi connectivity index (χ3n) is 4.98. The number of nitrogen functional groups attached to an aromatic ring is 1. The molecule has 0 amide bonds. The molecule has 0 radical (unpaired) electrons. The van der Waals surface area contributed by atoms with Crippen LogP contribution in [0.5, 0.6) is 5.75 Å². The van der Waals surface area contributed by atoms with Gasteiger partial charge in [0, 0.05) is 30.8 Å². The molecule has 0 aliphatic carbocycles. The van der Waals surface area contributed by atoms with Crippen LogP contribution < -0.4 is 16.2 Å². The van der Waals surface area contributed by atoms with E-state index in [0.717, 1.165) is 28.5 Å². The van der Waals surface area contributed by atoms with Gasteiger partial charge in [-0.25, -0.2) is 14.8 Å². The second kappa shape index (κ2) is 12.1. The van der Waals surface area contributed by atoms with E-state index in [-0.39, 0.29) is 17.7 Å². The van der Waals surface area contributed by atoms with Crippen LogP contribution in [-0.4, -0.2) is 48.3 Å². The molecule has 0 aliphatic heterocycles. The van der Waals surface area contributed by atoms with E-state index in [0.29, 0.717) is 24.4 Å². The van der Waals surface area contributed by atoms with Gasteiger partial charge in [0.2, 0.25) is 0 Å². The highest BCUT2D eigenvalue weighted by atomic mass is 16.5. The van der Waals surface area contributed by atoms with Crippen LogP contribution in [0.3, 0.4) is 0 Å². The summed E-state index contributed by atoms with van der Waals surface area (Å²) >= 11 is 0. The lowest BCUT2D eigenvalue weighted by Crippen LogP contribution is -2.18. The van der Waals surface area contributed by atoms with E-state index in [2.05, 4.69) is 20.1 Å². The van der Waals surface area contributed by atoms with Crippen LogP contribution >= 0.6 is 0 Å². The molecular formula is C25H27N7O4. The standard InChI is InChI=1S/C23H23N7O2.C2H4O2/c1-2-32-18-6-3-5-17(14-18)19(13-15-7-9-16(10-8-15)20(24)25)21-28-23(31)30(29-21)22-26-11-4-12-27-22;1-2(3)4/h3-12,14,19H,2,13H2,1H3,(H3,24,25)(H,28,29,31);1H3,(H,3,4). The van der Waals surface area contributed by atoms with Gasteiger partial charge in [-0.05, 0) is 42.7 Å². The van der Waals surface area contributed by atoms with Gasteiger partial charge in [-0.15, -0.1) is 9.78 Å². The van der Waals surface area contributed by atoms with Crippen LogP contribution in [0.4, 0.5) is 0 Å². The Balaban J connectivity index is 0.000000840. The van der Waals surface area contributed by atoms with Crippen LogP contribution in [-0.2, 0) is 11.2 Å². The number of nitrogens with zero attached hydrogens (tertiary/aromatic N) is 4. The molecule has 36 heavy (non-hydrogen) atoms. The first-order valence-corrected chi connectivity index (χ1v) is 11.1. The smallest absolute Gasteiger partial charge is 0.350 e. The first-order chi connectivity index (χ1) is 17.3. The van der Waals surface area contributed by atoms with Gasteiger partial charge in [-0.1, -0.05) is 36.4 Å². The number of H-pyrrole nitrogens is 1. The summed E-state index contributed by atoms with van der Waals surface area (Å²) < 4.78 is 6.83. The van der Waals surface area contributed by atoms with Crippen molar-refractivity contribution in [3.05, 3.63) is 100.0 Å². The molecule has 2 heterocycles. The third-order valence-corrected chi connectivity index (χ3v) is 4.98. The fourth-order valence-electron chi connectivity index (χ4n) is 3.45. The third kappa shape index (κ3) is 6.86. The van der Waals surface area contributed by atoms with E-state index in [9.17, 15) is 4.79 Å². The second-order valence-corrected chi connectivity index (χ2v) is 7.67. The number of nitrogens with two attached hydrogens (primary N) is 1. The molecular weight excluding hydrogens is 462 g/mol. The van der Waals surface area contributed by atoms with Gasteiger partial charge in [-0.3, -0.25) is 15.2 Å². The second-order valence-electron chi connectivity index (χ2n) is 7.67. The number of nitrogens with one attached hydrogen (secondary N) is 2. The number of carboxylic acid groups (broad SMARTS) is 1. The number of aromatic nitrogens is 5. The molecule has 2 aromatic heterocycles. The molecule has 0 bridgehead atoms. The monoisotopic (exact) mass is 489 g/mol. The Morgan fingerprint density at radius 1 is 1.17 bits per heavy atom. The van der Waals surface area contributed by atoms with Crippen molar-refractivity contribution in [2.45, 2.75) is 26.2 Å².